The number of hydrogen-bond donors (Lipinski definition) is 1. The average molecular weight is 298 g/mol. The van der Waals surface area contributed by atoms with Crippen LogP contribution in [0.3, 0.4) is 0 Å². The number of benzene rings is 1. The summed E-state index contributed by atoms with van der Waals surface area (Å²) in [5.74, 6) is 0.969. The van der Waals surface area contributed by atoms with Gasteiger partial charge >= 0.3 is 0 Å². The van der Waals surface area contributed by atoms with Crippen molar-refractivity contribution in [3.63, 3.8) is 0 Å². The molecule has 0 saturated carbocycles. The minimum atomic E-state index is 0.556. The zero-order valence-corrected chi connectivity index (χ0v) is 13.0. The molecule has 4 nitrogen and oxygen atoms in total. The van der Waals surface area contributed by atoms with E-state index in [2.05, 4.69) is 47.0 Å². The molecular formula is C16H18N4S. The first-order chi connectivity index (χ1) is 10.2. The Hall–Kier alpha value is -1.98. The second-order valence-electron chi connectivity index (χ2n) is 5.10. The van der Waals surface area contributed by atoms with Crippen molar-refractivity contribution in [2.24, 2.45) is 5.73 Å². The molecule has 0 atom stereocenters. The highest BCUT2D eigenvalue weighted by Crippen LogP contribution is 2.29. The van der Waals surface area contributed by atoms with E-state index >= 15 is 0 Å². The first-order valence-electron chi connectivity index (χ1n) is 6.88. The fourth-order valence-corrected chi connectivity index (χ4v) is 3.35. The highest BCUT2D eigenvalue weighted by Gasteiger charge is 2.12. The van der Waals surface area contributed by atoms with Gasteiger partial charge in [0, 0.05) is 25.0 Å². The topological polar surface area (TPSA) is 55.0 Å². The van der Waals surface area contributed by atoms with Gasteiger partial charge in [-0.1, -0.05) is 24.3 Å². The van der Waals surface area contributed by atoms with Gasteiger partial charge < -0.3 is 10.6 Å². The number of rotatable bonds is 4. The Kier molecular flexibility index (Phi) is 3.86. The van der Waals surface area contributed by atoms with Crippen LogP contribution in [-0.2, 0) is 13.1 Å². The molecule has 0 aliphatic heterocycles. The van der Waals surface area contributed by atoms with Crippen molar-refractivity contribution >= 4 is 27.4 Å². The number of nitrogens with zero attached hydrogens (tertiary/aromatic N) is 3. The first-order valence-corrected chi connectivity index (χ1v) is 7.70. The van der Waals surface area contributed by atoms with Crippen LogP contribution in [0.25, 0.3) is 10.2 Å². The third-order valence-corrected chi connectivity index (χ3v) is 4.50. The van der Waals surface area contributed by atoms with Crippen LogP contribution in [0.15, 0.2) is 36.7 Å². The summed E-state index contributed by atoms with van der Waals surface area (Å²) < 4.78 is 0. The lowest BCUT2D eigenvalue weighted by atomic mass is 10.1. The van der Waals surface area contributed by atoms with Gasteiger partial charge in [0.2, 0.25) is 0 Å². The second kappa shape index (κ2) is 5.79. The standard InChI is InChI=1S/C16H18N4S/c1-11-7-14-15(18-10-19-16(14)21-11)20(2)9-13-6-4-3-5-12(13)8-17/h3-7,10H,8-9,17H2,1-2H3. The molecule has 1 aromatic carbocycles. The van der Waals surface area contributed by atoms with E-state index in [1.807, 2.05) is 12.1 Å². The summed E-state index contributed by atoms with van der Waals surface area (Å²) in [6.45, 7) is 3.44. The van der Waals surface area contributed by atoms with Gasteiger partial charge in [0.15, 0.2) is 0 Å². The van der Waals surface area contributed by atoms with E-state index in [9.17, 15) is 0 Å². The molecule has 0 fully saturated rings. The van der Waals surface area contributed by atoms with Crippen molar-refractivity contribution in [2.75, 3.05) is 11.9 Å². The van der Waals surface area contributed by atoms with Crippen molar-refractivity contribution < 1.29 is 0 Å². The molecule has 0 bridgehead atoms. The lowest BCUT2D eigenvalue weighted by molar-refractivity contribution is 0.878. The Morgan fingerprint density at radius 1 is 1.19 bits per heavy atom. The molecule has 0 unspecified atom stereocenters. The molecule has 3 aromatic rings. The molecule has 0 spiro atoms. The van der Waals surface area contributed by atoms with E-state index in [4.69, 9.17) is 5.73 Å². The quantitative estimate of drug-likeness (QED) is 0.804. The predicted octanol–water partition coefficient (Wildman–Crippen LogP) is 3.09. The second-order valence-corrected chi connectivity index (χ2v) is 6.34. The first kappa shape index (κ1) is 14.0. The molecule has 3 rings (SSSR count). The SMILES string of the molecule is Cc1cc2c(N(C)Cc3ccccc3CN)ncnc2s1. The number of anilines is 1. The van der Waals surface area contributed by atoms with Crippen molar-refractivity contribution in [1.82, 2.24) is 9.97 Å². The predicted molar refractivity (Wildman–Crippen MR) is 88.6 cm³/mol. The number of hydrogen-bond acceptors (Lipinski definition) is 5. The smallest absolute Gasteiger partial charge is 0.140 e. The highest BCUT2D eigenvalue weighted by atomic mass is 32.1. The van der Waals surface area contributed by atoms with Crippen molar-refractivity contribution in [1.29, 1.82) is 0 Å². The van der Waals surface area contributed by atoms with Gasteiger partial charge in [-0.05, 0) is 24.1 Å². The minimum absolute atomic E-state index is 0.556. The van der Waals surface area contributed by atoms with E-state index in [-0.39, 0.29) is 0 Å². The number of nitrogens with two attached hydrogens (primary N) is 1. The monoisotopic (exact) mass is 298 g/mol. The van der Waals surface area contributed by atoms with E-state index < -0.39 is 0 Å². The van der Waals surface area contributed by atoms with Crippen LogP contribution in [0.1, 0.15) is 16.0 Å². The van der Waals surface area contributed by atoms with Crippen LogP contribution < -0.4 is 10.6 Å². The third-order valence-electron chi connectivity index (χ3n) is 3.54. The molecule has 21 heavy (non-hydrogen) atoms. The molecule has 0 aliphatic carbocycles. The molecule has 0 amide bonds. The number of aryl methyl sites for hydroxylation is 1. The number of aromatic nitrogens is 2. The molecule has 2 heterocycles. The lowest BCUT2D eigenvalue weighted by Crippen LogP contribution is -2.19. The maximum atomic E-state index is 5.82. The van der Waals surface area contributed by atoms with E-state index in [1.54, 1.807) is 17.7 Å². The maximum Gasteiger partial charge on any atom is 0.140 e. The zero-order valence-electron chi connectivity index (χ0n) is 12.2. The molecular weight excluding hydrogens is 280 g/mol. The summed E-state index contributed by atoms with van der Waals surface area (Å²) >= 11 is 1.70. The van der Waals surface area contributed by atoms with Crippen LogP contribution in [0.4, 0.5) is 5.82 Å². The van der Waals surface area contributed by atoms with Gasteiger partial charge in [0.05, 0.1) is 5.39 Å². The summed E-state index contributed by atoms with van der Waals surface area (Å²) in [5, 5.41) is 1.12. The Morgan fingerprint density at radius 2 is 1.95 bits per heavy atom. The summed E-state index contributed by atoms with van der Waals surface area (Å²) in [6, 6.07) is 10.4. The lowest BCUT2D eigenvalue weighted by Gasteiger charge is -2.20. The van der Waals surface area contributed by atoms with Crippen molar-refractivity contribution in [3.8, 4) is 0 Å². The van der Waals surface area contributed by atoms with Crippen molar-refractivity contribution in [3.05, 3.63) is 52.7 Å². The van der Waals surface area contributed by atoms with Crippen molar-refractivity contribution in [2.45, 2.75) is 20.0 Å². The van der Waals surface area contributed by atoms with Gasteiger partial charge in [-0.3, -0.25) is 0 Å². The summed E-state index contributed by atoms with van der Waals surface area (Å²) in [6.07, 6.45) is 1.64. The zero-order chi connectivity index (χ0) is 14.8. The average Bonchev–Trinajstić information content (AvgIpc) is 2.87. The fourth-order valence-electron chi connectivity index (χ4n) is 2.51. The summed E-state index contributed by atoms with van der Waals surface area (Å²) in [4.78, 5) is 13.3. The van der Waals surface area contributed by atoms with Gasteiger partial charge in [0.25, 0.3) is 0 Å². The highest BCUT2D eigenvalue weighted by molar-refractivity contribution is 7.18. The Bertz CT molecular complexity index is 766. The Morgan fingerprint density at radius 3 is 2.71 bits per heavy atom. The van der Waals surface area contributed by atoms with Crippen LogP contribution in [0, 0.1) is 6.92 Å². The van der Waals surface area contributed by atoms with Gasteiger partial charge in [0.1, 0.15) is 17.0 Å². The van der Waals surface area contributed by atoms with E-state index in [0.29, 0.717) is 6.54 Å². The molecule has 0 radical (unpaired) electrons. The number of fused-ring (bicyclic) bond motifs is 1. The molecule has 5 heteroatoms. The van der Waals surface area contributed by atoms with Crippen LogP contribution in [-0.4, -0.2) is 17.0 Å². The molecule has 0 aliphatic rings. The van der Waals surface area contributed by atoms with Gasteiger partial charge in [-0.15, -0.1) is 11.3 Å². The van der Waals surface area contributed by atoms with Crippen LogP contribution in [0.5, 0.6) is 0 Å². The summed E-state index contributed by atoms with van der Waals surface area (Å²) in [5.41, 5.74) is 8.23. The largest absolute Gasteiger partial charge is 0.355 e. The van der Waals surface area contributed by atoms with Gasteiger partial charge in [-0.25, -0.2) is 9.97 Å². The Labute approximate surface area is 128 Å². The fraction of sp³-hybridized carbons (Fsp3) is 0.250. The minimum Gasteiger partial charge on any atom is -0.355 e. The maximum absolute atomic E-state index is 5.82. The normalized spacial score (nSPS) is 11.0. The molecule has 0 saturated heterocycles. The van der Waals surface area contributed by atoms with Crippen LogP contribution >= 0.6 is 11.3 Å². The van der Waals surface area contributed by atoms with Gasteiger partial charge in [-0.2, -0.15) is 0 Å². The van der Waals surface area contributed by atoms with E-state index in [1.165, 1.54) is 16.0 Å². The third kappa shape index (κ3) is 2.75. The Balaban J connectivity index is 1.95. The molecule has 2 aromatic heterocycles. The number of thiophene rings is 1. The molecule has 2 N–H and O–H groups in total. The molecule has 108 valence electrons. The summed E-state index contributed by atoms with van der Waals surface area (Å²) in [7, 11) is 2.06. The van der Waals surface area contributed by atoms with Crippen LogP contribution in [0.2, 0.25) is 0 Å². The van der Waals surface area contributed by atoms with E-state index in [0.717, 1.165) is 22.6 Å².